The standard InChI is InChI=1S/C23H22N6O4.2C2H6/c30-23(17-2-1-8-24-14-17)28-9-7-19-20(15-28)25-21(16-3-5-18(6-4-16)29(31)32)26-22(19)27-10-12-33-13-11-27;2*1-2/h1-6,8,14H,7,9-13,15H2;2*1-2H3. The molecule has 0 aliphatic carbocycles. The van der Waals surface area contributed by atoms with Crippen LogP contribution >= 0.6 is 0 Å². The van der Waals surface area contributed by atoms with Crippen molar-refractivity contribution in [3.05, 3.63) is 75.7 Å². The van der Waals surface area contributed by atoms with E-state index in [0.29, 0.717) is 49.7 Å². The van der Waals surface area contributed by atoms with Crippen molar-refractivity contribution in [1.82, 2.24) is 19.9 Å². The Morgan fingerprint density at radius 1 is 1.00 bits per heavy atom. The van der Waals surface area contributed by atoms with Gasteiger partial charge in [0.2, 0.25) is 0 Å². The maximum absolute atomic E-state index is 13.0. The van der Waals surface area contributed by atoms with Gasteiger partial charge in [-0.25, -0.2) is 9.97 Å². The van der Waals surface area contributed by atoms with Crippen LogP contribution in [0.2, 0.25) is 0 Å². The second-order valence-corrected chi connectivity index (χ2v) is 7.92. The quantitative estimate of drug-likeness (QED) is 0.374. The average molecular weight is 507 g/mol. The van der Waals surface area contributed by atoms with E-state index in [1.165, 1.54) is 12.1 Å². The number of carbonyl (C=O) groups is 1. The number of morpholine rings is 1. The lowest BCUT2D eigenvalue weighted by molar-refractivity contribution is -0.384. The largest absolute Gasteiger partial charge is 0.378 e. The van der Waals surface area contributed by atoms with E-state index >= 15 is 0 Å². The highest BCUT2D eigenvalue weighted by molar-refractivity contribution is 5.94. The van der Waals surface area contributed by atoms with E-state index in [2.05, 4.69) is 9.88 Å². The molecule has 2 aliphatic rings. The number of hydrogen-bond donors (Lipinski definition) is 0. The number of nitrogens with zero attached hydrogens (tertiary/aromatic N) is 6. The summed E-state index contributed by atoms with van der Waals surface area (Å²) >= 11 is 0. The Morgan fingerprint density at radius 2 is 1.70 bits per heavy atom. The molecule has 1 amide bonds. The Bertz CT molecular complexity index is 1180. The first kappa shape index (κ1) is 27.7. The van der Waals surface area contributed by atoms with Crippen molar-refractivity contribution in [1.29, 1.82) is 0 Å². The summed E-state index contributed by atoms with van der Waals surface area (Å²) < 4.78 is 5.51. The zero-order valence-corrected chi connectivity index (χ0v) is 21.9. The number of fused-ring (bicyclic) bond motifs is 1. The maximum Gasteiger partial charge on any atom is 0.269 e. The minimum absolute atomic E-state index is 0.0124. The van der Waals surface area contributed by atoms with Crippen LogP contribution in [0.1, 0.15) is 49.3 Å². The number of ether oxygens (including phenoxy) is 1. The molecule has 0 saturated carbocycles. The fraction of sp³-hybridized carbons (Fsp3) is 0.407. The summed E-state index contributed by atoms with van der Waals surface area (Å²) in [6, 6.07) is 9.72. The molecular formula is C27H34N6O4. The number of carbonyl (C=O) groups excluding carboxylic acids is 1. The molecule has 0 atom stereocenters. The van der Waals surface area contributed by atoms with Gasteiger partial charge in [-0.2, -0.15) is 0 Å². The number of benzene rings is 1. The van der Waals surface area contributed by atoms with Gasteiger partial charge < -0.3 is 14.5 Å². The molecule has 10 heteroatoms. The molecule has 5 rings (SSSR count). The van der Waals surface area contributed by atoms with Gasteiger partial charge in [0.05, 0.1) is 35.9 Å². The van der Waals surface area contributed by atoms with Crippen LogP contribution in [-0.2, 0) is 17.7 Å². The van der Waals surface area contributed by atoms with Crippen molar-refractivity contribution in [2.75, 3.05) is 37.7 Å². The average Bonchev–Trinajstić information content (AvgIpc) is 2.99. The van der Waals surface area contributed by atoms with Crippen LogP contribution in [0.5, 0.6) is 0 Å². The first-order chi connectivity index (χ1) is 18.1. The monoisotopic (exact) mass is 506 g/mol. The SMILES string of the molecule is CC.CC.O=C(c1cccnc1)N1CCc2c(nc(-c3ccc([N+](=O)[O-])cc3)nc2N2CCOCC2)C1. The van der Waals surface area contributed by atoms with Crippen molar-refractivity contribution in [3.63, 3.8) is 0 Å². The number of anilines is 1. The zero-order chi connectivity index (χ0) is 26.8. The summed E-state index contributed by atoms with van der Waals surface area (Å²) in [7, 11) is 0. The summed E-state index contributed by atoms with van der Waals surface area (Å²) in [6.07, 6.45) is 3.86. The number of nitro groups is 1. The highest BCUT2D eigenvalue weighted by Crippen LogP contribution is 2.31. The summed E-state index contributed by atoms with van der Waals surface area (Å²) in [6.45, 7) is 11.6. The molecule has 1 saturated heterocycles. The lowest BCUT2D eigenvalue weighted by Gasteiger charge is -2.34. The minimum Gasteiger partial charge on any atom is -0.378 e. The first-order valence-electron chi connectivity index (χ1n) is 12.8. The molecule has 10 nitrogen and oxygen atoms in total. The lowest BCUT2D eigenvalue weighted by Crippen LogP contribution is -2.41. The Hall–Kier alpha value is -3.92. The molecule has 3 aromatic rings. The van der Waals surface area contributed by atoms with Crippen LogP contribution in [0, 0.1) is 10.1 Å². The third-order valence-electron chi connectivity index (χ3n) is 5.89. The van der Waals surface area contributed by atoms with E-state index in [9.17, 15) is 14.9 Å². The van der Waals surface area contributed by atoms with Crippen LogP contribution in [0.4, 0.5) is 11.5 Å². The van der Waals surface area contributed by atoms with Crippen LogP contribution in [-0.4, -0.2) is 63.5 Å². The van der Waals surface area contributed by atoms with E-state index in [1.54, 1.807) is 41.6 Å². The topological polar surface area (TPSA) is 115 Å². The van der Waals surface area contributed by atoms with Crippen molar-refractivity contribution in [3.8, 4) is 11.4 Å². The van der Waals surface area contributed by atoms with Crippen molar-refractivity contribution in [2.24, 2.45) is 0 Å². The van der Waals surface area contributed by atoms with Gasteiger partial charge in [0, 0.05) is 55.3 Å². The van der Waals surface area contributed by atoms with E-state index < -0.39 is 4.92 Å². The number of nitro benzene ring substituents is 1. The number of amides is 1. The van der Waals surface area contributed by atoms with Crippen molar-refractivity contribution < 1.29 is 14.5 Å². The zero-order valence-electron chi connectivity index (χ0n) is 21.9. The van der Waals surface area contributed by atoms with Gasteiger partial charge in [-0.1, -0.05) is 27.7 Å². The summed E-state index contributed by atoms with van der Waals surface area (Å²) in [4.78, 5) is 41.3. The Labute approximate surface area is 217 Å². The maximum atomic E-state index is 13.0. The van der Waals surface area contributed by atoms with Crippen LogP contribution < -0.4 is 4.90 Å². The molecule has 0 unspecified atom stereocenters. The van der Waals surface area contributed by atoms with E-state index in [-0.39, 0.29) is 11.6 Å². The molecule has 0 N–H and O–H groups in total. The first-order valence-corrected chi connectivity index (χ1v) is 12.8. The van der Waals surface area contributed by atoms with Crippen molar-refractivity contribution >= 4 is 17.4 Å². The normalized spacial score (nSPS) is 14.4. The fourth-order valence-corrected chi connectivity index (χ4v) is 4.15. The molecular weight excluding hydrogens is 472 g/mol. The lowest BCUT2D eigenvalue weighted by atomic mass is 10.0. The second-order valence-electron chi connectivity index (χ2n) is 7.92. The number of pyridine rings is 1. The molecule has 4 heterocycles. The summed E-state index contributed by atoms with van der Waals surface area (Å²) in [5.41, 5.74) is 3.08. The Balaban J connectivity index is 0.000000907. The Morgan fingerprint density at radius 3 is 2.32 bits per heavy atom. The second kappa shape index (κ2) is 13.4. The molecule has 2 aromatic heterocycles. The molecule has 0 radical (unpaired) electrons. The molecule has 1 fully saturated rings. The van der Waals surface area contributed by atoms with Gasteiger partial charge in [0.25, 0.3) is 11.6 Å². The molecule has 2 aliphatic heterocycles. The smallest absolute Gasteiger partial charge is 0.269 e. The molecule has 1 aromatic carbocycles. The summed E-state index contributed by atoms with van der Waals surface area (Å²) in [5.74, 6) is 1.25. The molecule has 196 valence electrons. The van der Waals surface area contributed by atoms with Crippen LogP contribution in [0.25, 0.3) is 11.4 Å². The van der Waals surface area contributed by atoms with E-state index in [1.807, 2.05) is 27.7 Å². The minimum atomic E-state index is -0.432. The predicted molar refractivity (Wildman–Crippen MR) is 143 cm³/mol. The van der Waals surface area contributed by atoms with Gasteiger partial charge >= 0.3 is 0 Å². The molecule has 37 heavy (non-hydrogen) atoms. The van der Waals surface area contributed by atoms with E-state index in [4.69, 9.17) is 14.7 Å². The number of hydrogen-bond acceptors (Lipinski definition) is 8. The van der Waals surface area contributed by atoms with Gasteiger partial charge in [-0.3, -0.25) is 19.9 Å². The molecule has 0 bridgehead atoms. The highest BCUT2D eigenvalue weighted by Gasteiger charge is 2.29. The number of non-ortho nitro benzene ring substituents is 1. The van der Waals surface area contributed by atoms with Crippen molar-refractivity contribution in [2.45, 2.75) is 40.7 Å². The van der Waals surface area contributed by atoms with Gasteiger partial charge in [0.15, 0.2) is 5.82 Å². The van der Waals surface area contributed by atoms with Gasteiger partial charge in [-0.15, -0.1) is 0 Å². The van der Waals surface area contributed by atoms with Gasteiger partial charge in [-0.05, 0) is 30.7 Å². The van der Waals surface area contributed by atoms with E-state index in [0.717, 1.165) is 30.2 Å². The number of rotatable bonds is 4. The third-order valence-corrected chi connectivity index (χ3v) is 5.89. The number of aromatic nitrogens is 3. The van der Waals surface area contributed by atoms with Crippen LogP contribution in [0.3, 0.4) is 0 Å². The highest BCUT2D eigenvalue weighted by atomic mass is 16.6. The predicted octanol–water partition coefficient (Wildman–Crippen LogP) is 4.53. The summed E-state index contributed by atoms with van der Waals surface area (Å²) in [5, 5.41) is 11.0. The fourth-order valence-electron chi connectivity index (χ4n) is 4.15. The Kier molecular flexibility index (Phi) is 10.0. The van der Waals surface area contributed by atoms with Crippen LogP contribution in [0.15, 0.2) is 48.8 Å². The van der Waals surface area contributed by atoms with Gasteiger partial charge in [0.1, 0.15) is 5.82 Å². The molecule has 0 spiro atoms. The third kappa shape index (κ3) is 6.45.